The Kier molecular flexibility index (Phi) is 5.26. The number of aromatic nitrogens is 4. The van der Waals surface area contributed by atoms with Crippen LogP contribution in [0.4, 0.5) is 17.5 Å². The van der Waals surface area contributed by atoms with Crippen molar-refractivity contribution in [1.82, 2.24) is 24.4 Å². The highest BCUT2D eigenvalue weighted by molar-refractivity contribution is 6.32. The maximum absolute atomic E-state index is 12.9. The van der Waals surface area contributed by atoms with Gasteiger partial charge in [0.05, 0.1) is 16.1 Å². The number of nitrogens with two attached hydrogens (primary N) is 1. The van der Waals surface area contributed by atoms with Gasteiger partial charge in [0.1, 0.15) is 5.82 Å². The average Bonchev–Trinajstić information content (AvgIpc) is 3.19. The van der Waals surface area contributed by atoms with E-state index in [4.69, 9.17) is 17.3 Å². The van der Waals surface area contributed by atoms with Gasteiger partial charge < -0.3 is 16.0 Å². The Morgan fingerprint density at radius 3 is 2.70 bits per heavy atom. The van der Waals surface area contributed by atoms with Gasteiger partial charge in [0, 0.05) is 17.9 Å². The van der Waals surface area contributed by atoms with Crippen molar-refractivity contribution in [2.45, 2.75) is 25.8 Å². The molecule has 4 aromatic rings. The second-order valence-electron chi connectivity index (χ2n) is 8.59. The summed E-state index contributed by atoms with van der Waals surface area (Å²) in [5.41, 5.74) is 10.9. The first-order chi connectivity index (χ1) is 15.8. The molecular formula is C24H24ClN7O. The van der Waals surface area contributed by atoms with Crippen molar-refractivity contribution in [1.29, 1.82) is 0 Å². The Bertz CT molecular complexity index is 1430. The Morgan fingerprint density at radius 2 is 1.94 bits per heavy atom. The lowest BCUT2D eigenvalue weighted by Crippen LogP contribution is -2.27. The smallest absolute Gasteiger partial charge is 0.355 e. The quantitative estimate of drug-likeness (QED) is 0.479. The van der Waals surface area contributed by atoms with Crippen LogP contribution in [0.2, 0.25) is 5.02 Å². The normalized spacial score (nSPS) is 15.2. The van der Waals surface area contributed by atoms with Crippen molar-refractivity contribution in [3.05, 3.63) is 74.8 Å². The summed E-state index contributed by atoms with van der Waals surface area (Å²) >= 11 is 6.35. The van der Waals surface area contributed by atoms with Gasteiger partial charge in [0.25, 0.3) is 0 Å². The van der Waals surface area contributed by atoms with E-state index in [2.05, 4.69) is 51.4 Å². The van der Waals surface area contributed by atoms with Crippen LogP contribution in [0.25, 0.3) is 16.7 Å². The number of nitrogens with zero attached hydrogens (tertiary/aromatic N) is 5. The molecule has 2 aromatic carbocycles. The van der Waals surface area contributed by atoms with Gasteiger partial charge in [-0.1, -0.05) is 29.8 Å². The molecule has 5 rings (SSSR count). The molecule has 1 aliphatic carbocycles. The Morgan fingerprint density at radius 1 is 1.15 bits per heavy atom. The molecule has 0 spiro atoms. The zero-order valence-electron chi connectivity index (χ0n) is 18.6. The summed E-state index contributed by atoms with van der Waals surface area (Å²) in [5, 5.41) is 4.12. The number of aryl methyl sites for hydroxylation is 1. The van der Waals surface area contributed by atoms with Crippen LogP contribution in [0, 0.1) is 6.92 Å². The summed E-state index contributed by atoms with van der Waals surface area (Å²) in [6.07, 6.45) is 3.63. The minimum atomic E-state index is -0.548. The lowest BCUT2D eigenvalue weighted by atomic mass is 10.1. The van der Waals surface area contributed by atoms with Crippen molar-refractivity contribution < 1.29 is 0 Å². The Hall–Kier alpha value is -3.49. The lowest BCUT2D eigenvalue weighted by molar-refractivity contribution is 0.303. The Balaban J connectivity index is 1.50. The van der Waals surface area contributed by atoms with E-state index in [0.717, 1.165) is 24.1 Å². The maximum atomic E-state index is 12.9. The van der Waals surface area contributed by atoms with Crippen LogP contribution in [0.5, 0.6) is 0 Å². The molecule has 0 saturated carbocycles. The number of nitrogens with one attached hydrogen (secondary N) is 1. The number of fused-ring (bicyclic) bond motifs is 2. The predicted octanol–water partition coefficient (Wildman–Crippen LogP) is 3.49. The molecule has 2 heterocycles. The van der Waals surface area contributed by atoms with Crippen molar-refractivity contribution >= 4 is 40.1 Å². The Labute approximate surface area is 196 Å². The van der Waals surface area contributed by atoms with E-state index in [9.17, 15) is 4.79 Å². The number of likely N-dealkylation sites (N-methyl/N-ethyl adjacent to an activating group) is 1. The van der Waals surface area contributed by atoms with Crippen LogP contribution in [-0.4, -0.2) is 44.6 Å². The molecule has 0 aliphatic heterocycles. The minimum absolute atomic E-state index is 0.194. The average molecular weight is 462 g/mol. The number of hydrogen-bond donors (Lipinski definition) is 2. The first-order valence-corrected chi connectivity index (χ1v) is 11.1. The highest BCUT2D eigenvalue weighted by Crippen LogP contribution is 2.29. The van der Waals surface area contributed by atoms with Gasteiger partial charge in [-0.3, -0.25) is 0 Å². The summed E-state index contributed by atoms with van der Waals surface area (Å²) in [6.45, 7) is 1.86. The predicted molar refractivity (Wildman–Crippen MR) is 132 cm³/mol. The summed E-state index contributed by atoms with van der Waals surface area (Å²) < 4.78 is 1.30. The number of para-hydroxylation sites is 1. The van der Waals surface area contributed by atoms with Crippen molar-refractivity contribution in [2.24, 2.45) is 0 Å². The molecule has 0 saturated heterocycles. The van der Waals surface area contributed by atoms with E-state index in [1.54, 1.807) is 12.3 Å². The zero-order chi connectivity index (χ0) is 23.3. The first kappa shape index (κ1) is 21.4. The van der Waals surface area contributed by atoms with E-state index >= 15 is 0 Å². The van der Waals surface area contributed by atoms with Gasteiger partial charge in [-0.25, -0.2) is 14.3 Å². The second kappa shape index (κ2) is 8.13. The molecule has 0 bridgehead atoms. The molecule has 1 unspecified atom stereocenters. The fourth-order valence-electron chi connectivity index (χ4n) is 4.35. The highest BCUT2D eigenvalue weighted by atomic mass is 35.5. The van der Waals surface area contributed by atoms with Gasteiger partial charge >= 0.3 is 5.69 Å². The van der Waals surface area contributed by atoms with Crippen molar-refractivity contribution in [2.75, 3.05) is 25.1 Å². The number of benzene rings is 2. The minimum Gasteiger partial charge on any atom is -0.384 e. The molecule has 0 radical (unpaired) electrons. The number of hydrogen-bond acceptors (Lipinski definition) is 7. The van der Waals surface area contributed by atoms with Crippen LogP contribution in [0.15, 0.2) is 47.4 Å². The van der Waals surface area contributed by atoms with Gasteiger partial charge in [-0.15, -0.1) is 0 Å². The number of anilines is 3. The molecule has 33 heavy (non-hydrogen) atoms. The third-order valence-electron chi connectivity index (χ3n) is 6.19. The summed E-state index contributed by atoms with van der Waals surface area (Å²) in [6, 6.07) is 12.2. The van der Waals surface area contributed by atoms with Crippen LogP contribution < -0.4 is 16.7 Å². The standard InChI is InChI=1S/C24H24ClN7O/c1-13-5-4-6-19(25)20(13)32-21(26)18-12-27-23(29-22(18)30-24(32)33)28-16-8-7-14-10-17(31(2)3)11-15(14)9-16/h4-9,12,17H,10-11,26H2,1-3H3,(H,28,29,30,33). The number of halogens is 1. The first-order valence-electron chi connectivity index (χ1n) is 10.7. The van der Waals surface area contributed by atoms with E-state index in [1.807, 2.05) is 25.1 Å². The second-order valence-corrected chi connectivity index (χ2v) is 8.99. The molecule has 1 aliphatic rings. The van der Waals surface area contributed by atoms with Crippen LogP contribution in [0.3, 0.4) is 0 Å². The van der Waals surface area contributed by atoms with E-state index in [1.165, 1.54) is 15.7 Å². The number of nitrogen functional groups attached to an aromatic ring is 1. The SMILES string of the molecule is Cc1cccc(Cl)c1-n1c(N)c2cnc(Nc3ccc4c(c3)CC(N(C)C)C4)nc2nc1=O. The van der Waals surface area contributed by atoms with E-state index < -0.39 is 5.69 Å². The molecule has 8 nitrogen and oxygen atoms in total. The largest absolute Gasteiger partial charge is 0.384 e. The summed E-state index contributed by atoms with van der Waals surface area (Å²) in [4.78, 5) is 28.1. The fraction of sp³-hybridized carbons (Fsp3) is 0.250. The molecule has 2 aromatic heterocycles. The van der Waals surface area contributed by atoms with E-state index in [0.29, 0.717) is 28.1 Å². The maximum Gasteiger partial charge on any atom is 0.355 e. The van der Waals surface area contributed by atoms with Gasteiger partial charge in [0.2, 0.25) is 5.95 Å². The van der Waals surface area contributed by atoms with Gasteiger partial charge in [-0.2, -0.15) is 9.97 Å². The number of rotatable bonds is 4. The van der Waals surface area contributed by atoms with Gasteiger partial charge in [-0.05, 0) is 68.8 Å². The van der Waals surface area contributed by atoms with Crippen molar-refractivity contribution in [3.8, 4) is 5.69 Å². The monoisotopic (exact) mass is 461 g/mol. The highest BCUT2D eigenvalue weighted by Gasteiger charge is 2.23. The lowest BCUT2D eigenvalue weighted by Gasteiger charge is -2.17. The fourth-order valence-corrected chi connectivity index (χ4v) is 4.66. The third kappa shape index (κ3) is 3.81. The van der Waals surface area contributed by atoms with E-state index in [-0.39, 0.29) is 11.5 Å². The van der Waals surface area contributed by atoms with Crippen LogP contribution >= 0.6 is 11.6 Å². The molecule has 168 valence electrons. The summed E-state index contributed by atoms with van der Waals surface area (Å²) in [5.74, 6) is 0.544. The summed E-state index contributed by atoms with van der Waals surface area (Å²) in [7, 11) is 4.22. The van der Waals surface area contributed by atoms with Gasteiger partial charge in [0.15, 0.2) is 5.65 Å². The molecule has 9 heteroatoms. The zero-order valence-corrected chi connectivity index (χ0v) is 19.4. The van der Waals surface area contributed by atoms with Crippen LogP contribution in [0.1, 0.15) is 16.7 Å². The third-order valence-corrected chi connectivity index (χ3v) is 6.50. The topological polar surface area (TPSA) is 102 Å². The molecular weight excluding hydrogens is 438 g/mol. The van der Waals surface area contributed by atoms with Crippen LogP contribution in [-0.2, 0) is 12.8 Å². The molecule has 3 N–H and O–H groups in total. The molecule has 0 amide bonds. The molecule has 1 atom stereocenters. The molecule has 0 fully saturated rings. The van der Waals surface area contributed by atoms with Crippen molar-refractivity contribution in [3.63, 3.8) is 0 Å².